The third kappa shape index (κ3) is 10.2. The van der Waals surface area contributed by atoms with Gasteiger partial charge in [0.15, 0.2) is 0 Å². The smallest absolute Gasteiger partial charge is 0.326 e. The molecule has 0 heterocycles. The van der Waals surface area contributed by atoms with Crippen LogP contribution in [-0.2, 0) is 28.8 Å². The summed E-state index contributed by atoms with van der Waals surface area (Å²) in [6.07, 6.45) is -2.67. The fourth-order valence-electron chi connectivity index (χ4n) is 2.51. The number of amides is 4. The molecule has 0 aromatic carbocycles. The largest absolute Gasteiger partial charge is 0.481 e. The molecule has 32 heavy (non-hydrogen) atoms. The lowest BCUT2D eigenvalue weighted by Gasteiger charge is -2.26. The Bertz CT molecular complexity index is 726. The van der Waals surface area contributed by atoms with E-state index in [4.69, 9.17) is 16.6 Å². The van der Waals surface area contributed by atoms with Crippen molar-refractivity contribution in [2.45, 2.75) is 70.3 Å². The van der Waals surface area contributed by atoms with E-state index in [1.165, 1.54) is 13.8 Å². The second-order valence-corrected chi connectivity index (χ2v) is 7.57. The molecule has 4 amide bonds. The molecule has 182 valence electrons. The number of carboxylic acids is 2. The van der Waals surface area contributed by atoms with Gasteiger partial charge in [0.05, 0.1) is 18.6 Å². The minimum atomic E-state index is -1.69. The van der Waals surface area contributed by atoms with Crippen molar-refractivity contribution in [1.29, 1.82) is 0 Å². The van der Waals surface area contributed by atoms with Crippen molar-refractivity contribution in [3.8, 4) is 0 Å². The van der Waals surface area contributed by atoms with Crippen LogP contribution in [0.15, 0.2) is 0 Å². The molecule has 0 fully saturated rings. The van der Waals surface area contributed by atoms with Crippen LogP contribution in [0.3, 0.4) is 0 Å². The van der Waals surface area contributed by atoms with E-state index in [1.54, 1.807) is 0 Å². The fraction of sp³-hybridized carbons (Fsp3) is 0.667. The highest BCUT2D eigenvalue weighted by Crippen LogP contribution is 2.05. The van der Waals surface area contributed by atoms with Crippen LogP contribution >= 0.6 is 0 Å². The summed E-state index contributed by atoms with van der Waals surface area (Å²) in [5.74, 6) is -7.12. The van der Waals surface area contributed by atoms with Crippen molar-refractivity contribution in [3.05, 3.63) is 0 Å². The maximum Gasteiger partial charge on any atom is 0.326 e. The lowest BCUT2D eigenvalue weighted by molar-refractivity contribution is -0.144. The summed E-state index contributed by atoms with van der Waals surface area (Å²) in [6, 6.07) is -5.88. The molecule has 0 aromatic rings. The van der Waals surface area contributed by atoms with Crippen molar-refractivity contribution in [1.82, 2.24) is 16.0 Å². The second-order valence-electron chi connectivity index (χ2n) is 7.57. The number of carbonyl (C=O) groups is 6. The Labute approximate surface area is 184 Å². The number of carbonyl (C=O) groups excluding carboxylic acids is 4. The Morgan fingerprint density at radius 3 is 1.78 bits per heavy atom. The summed E-state index contributed by atoms with van der Waals surface area (Å²) in [5.41, 5.74) is 10.6. The lowest BCUT2D eigenvalue weighted by atomic mass is 10.0. The topological polar surface area (TPSA) is 251 Å². The highest BCUT2D eigenvalue weighted by Gasteiger charge is 2.34. The molecule has 0 bridgehead atoms. The molecule has 0 saturated carbocycles. The van der Waals surface area contributed by atoms with Crippen LogP contribution in [0.4, 0.5) is 0 Å². The Hall–Kier alpha value is -3.26. The standard InChI is InChI=1S/C18H31N5O9/c1-7(2)13(18(31)32)22-16(29)10(6-12(26)27)21-17(30)14(8(3)24)23-15(28)9(19)4-5-11(20)25/h7-10,13-14,24H,4-6,19H2,1-3H3,(H2,20,25)(H,21,30)(H,22,29)(H,23,28)(H,26,27)(H,31,32). The number of rotatable bonds is 14. The molecule has 14 heteroatoms. The number of nitrogens with one attached hydrogen (secondary N) is 3. The van der Waals surface area contributed by atoms with Gasteiger partial charge in [-0.3, -0.25) is 24.0 Å². The highest BCUT2D eigenvalue weighted by atomic mass is 16.4. The second kappa shape index (κ2) is 13.2. The molecule has 0 aromatic heterocycles. The van der Waals surface area contributed by atoms with Gasteiger partial charge in [0.25, 0.3) is 0 Å². The third-order valence-electron chi connectivity index (χ3n) is 4.34. The number of hydrogen-bond acceptors (Lipinski definition) is 8. The number of aliphatic carboxylic acids is 2. The zero-order valence-electron chi connectivity index (χ0n) is 18.0. The van der Waals surface area contributed by atoms with Gasteiger partial charge in [-0.15, -0.1) is 0 Å². The van der Waals surface area contributed by atoms with Crippen LogP contribution < -0.4 is 27.4 Å². The van der Waals surface area contributed by atoms with Crippen LogP contribution in [0.5, 0.6) is 0 Å². The molecule has 5 unspecified atom stereocenters. The van der Waals surface area contributed by atoms with Crippen molar-refractivity contribution in [2.24, 2.45) is 17.4 Å². The van der Waals surface area contributed by atoms with Crippen molar-refractivity contribution in [3.63, 3.8) is 0 Å². The van der Waals surface area contributed by atoms with Gasteiger partial charge in [0.1, 0.15) is 18.1 Å². The molecule has 5 atom stereocenters. The van der Waals surface area contributed by atoms with E-state index in [0.717, 1.165) is 6.92 Å². The van der Waals surface area contributed by atoms with Gasteiger partial charge in [-0.05, 0) is 19.3 Å². The van der Waals surface area contributed by atoms with E-state index in [2.05, 4.69) is 16.0 Å². The van der Waals surface area contributed by atoms with Gasteiger partial charge in [-0.2, -0.15) is 0 Å². The number of aliphatic hydroxyl groups excluding tert-OH is 1. The van der Waals surface area contributed by atoms with Gasteiger partial charge < -0.3 is 42.7 Å². The third-order valence-corrected chi connectivity index (χ3v) is 4.34. The normalized spacial score (nSPS) is 15.6. The van der Waals surface area contributed by atoms with Crippen LogP contribution in [0, 0.1) is 5.92 Å². The van der Waals surface area contributed by atoms with Gasteiger partial charge in [0, 0.05) is 6.42 Å². The van der Waals surface area contributed by atoms with Crippen molar-refractivity contribution in [2.75, 3.05) is 0 Å². The first kappa shape index (κ1) is 28.7. The Morgan fingerprint density at radius 2 is 1.38 bits per heavy atom. The van der Waals surface area contributed by atoms with Crippen LogP contribution in [-0.4, -0.2) is 81.2 Å². The van der Waals surface area contributed by atoms with Gasteiger partial charge in [-0.25, -0.2) is 4.79 Å². The zero-order chi connectivity index (χ0) is 25.2. The maximum absolute atomic E-state index is 12.6. The number of nitrogens with two attached hydrogens (primary N) is 2. The van der Waals surface area contributed by atoms with Gasteiger partial charge in [0.2, 0.25) is 23.6 Å². The van der Waals surface area contributed by atoms with Crippen LogP contribution in [0.1, 0.15) is 40.0 Å². The minimum absolute atomic E-state index is 0.120. The molecule has 0 aliphatic carbocycles. The van der Waals surface area contributed by atoms with Gasteiger partial charge in [-0.1, -0.05) is 13.8 Å². The van der Waals surface area contributed by atoms with E-state index in [0.29, 0.717) is 0 Å². The Kier molecular flexibility index (Phi) is 11.9. The van der Waals surface area contributed by atoms with Gasteiger partial charge >= 0.3 is 11.9 Å². The van der Waals surface area contributed by atoms with E-state index in [9.17, 15) is 39.0 Å². The predicted octanol–water partition coefficient (Wildman–Crippen LogP) is -3.37. The molecule has 0 aliphatic rings. The number of primary amides is 1. The Morgan fingerprint density at radius 1 is 0.844 bits per heavy atom. The minimum Gasteiger partial charge on any atom is -0.481 e. The first-order chi connectivity index (χ1) is 14.7. The summed E-state index contributed by atoms with van der Waals surface area (Å²) in [7, 11) is 0. The van der Waals surface area contributed by atoms with Crippen LogP contribution in [0.2, 0.25) is 0 Å². The van der Waals surface area contributed by atoms with Crippen molar-refractivity contribution < 1.29 is 44.1 Å². The predicted molar refractivity (Wildman–Crippen MR) is 109 cm³/mol. The molecule has 0 radical (unpaired) electrons. The number of aliphatic hydroxyl groups is 1. The molecular weight excluding hydrogens is 430 g/mol. The summed E-state index contributed by atoms with van der Waals surface area (Å²) in [5, 5.41) is 34.5. The summed E-state index contributed by atoms with van der Waals surface area (Å²) in [6.45, 7) is 4.19. The molecule has 0 rings (SSSR count). The molecular formula is C18H31N5O9. The molecule has 10 N–H and O–H groups in total. The SMILES string of the molecule is CC(C)C(NC(=O)C(CC(=O)O)NC(=O)C(NC(=O)C(N)CCC(N)=O)C(C)O)C(=O)O. The Balaban J connectivity index is 5.41. The first-order valence-corrected chi connectivity index (χ1v) is 9.75. The lowest BCUT2D eigenvalue weighted by Crippen LogP contribution is -2.60. The number of hydrogen-bond donors (Lipinski definition) is 8. The fourth-order valence-corrected chi connectivity index (χ4v) is 2.51. The van der Waals surface area contributed by atoms with E-state index < -0.39 is 78.2 Å². The molecule has 0 saturated heterocycles. The maximum atomic E-state index is 12.6. The summed E-state index contributed by atoms with van der Waals surface area (Å²) < 4.78 is 0. The zero-order valence-corrected chi connectivity index (χ0v) is 18.0. The first-order valence-electron chi connectivity index (χ1n) is 9.75. The van der Waals surface area contributed by atoms with Crippen LogP contribution in [0.25, 0.3) is 0 Å². The van der Waals surface area contributed by atoms with E-state index in [1.807, 2.05) is 0 Å². The average Bonchev–Trinajstić information content (AvgIpc) is 2.65. The molecule has 0 aliphatic heterocycles. The summed E-state index contributed by atoms with van der Waals surface area (Å²) >= 11 is 0. The van der Waals surface area contributed by atoms with E-state index >= 15 is 0 Å². The molecule has 0 spiro atoms. The van der Waals surface area contributed by atoms with Crippen molar-refractivity contribution >= 4 is 35.6 Å². The quantitative estimate of drug-likeness (QED) is 0.127. The summed E-state index contributed by atoms with van der Waals surface area (Å²) in [4.78, 5) is 70.4. The highest BCUT2D eigenvalue weighted by molar-refractivity contribution is 5.95. The number of carboxylic acid groups (broad SMARTS) is 2. The monoisotopic (exact) mass is 461 g/mol. The molecule has 14 nitrogen and oxygen atoms in total. The van der Waals surface area contributed by atoms with E-state index in [-0.39, 0.29) is 12.8 Å². The average molecular weight is 461 g/mol.